The maximum Gasteiger partial charge on any atom is 0.338 e. The van der Waals surface area contributed by atoms with Crippen LogP contribution in [0.4, 0.5) is 0 Å². The molecule has 0 atom stereocenters. The predicted octanol–water partition coefficient (Wildman–Crippen LogP) is 4.02. The van der Waals surface area contributed by atoms with Crippen LogP contribution in [0, 0.1) is 25.2 Å². The van der Waals surface area contributed by atoms with E-state index in [0.29, 0.717) is 11.1 Å². The highest BCUT2D eigenvalue weighted by Crippen LogP contribution is 2.19. The van der Waals surface area contributed by atoms with Gasteiger partial charge in [0.25, 0.3) is 0 Å². The van der Waals surface area contributed by atoms with Gasteiger partial charge in [0.15, 0.2) is 11.6 Å². The van der Waals surface area contributed by atoms with Crippen molar-refractivity contribution in [2.24, 2.45) is 0 Å². The zero-order valence-electron chi connectivity index (χ0n) is 17.0. The Morgan fingerprint density at radius 1 is 1.19 bits per heavy atom. The normalized spacial score (nSPS) is 11.8. The van der Waals surface area contributed by atoms with Crippen molar-refractivity contribution >= 4 is 22.6 Å². The molecule has 0 saturated heterocycles. The number of fused-ring (bicyclic) bond motifs is 1. The molecule has 0 aliphatic heterocycles. The number of benzene rings is 2. The van der Waals surface area contributed by atoms with Gasteiger partial charge in [0.1, 0.15) is 18.2 Å². The summed E-state index contributed by atoms with van der Waals surface area (Å²) in [5.41, 5.74) is 4.35. The van der Waals surface area contributed by atoms with E-state index in [1.54, 1.807) is 35.0 Å². The van der Waals surface area contributed by atoms with Crippen LogP contribution in [-0.2, 0) is 4.74 Å². The third-order valence-electron chi connectivity index (χ3n) is 4.72. The third-order valence-corrected chi connectivity index (χ3v) is 4.72. The van der Waals surface area contributed by atoms with Gasteiger partial charge in [-0.3, -0.25) is 0 Å². The van der Waals surface area contributed by atoms with Crippen molar-refractivity contribution < 1.29 is 14.6 Å². The van der Waals surface area contributed by atoms with Crippen LogP contribution in [-0.4, -0.2) is 37.4 Å². The lowest BCUT2D eigenvalue weighted by Crippen LogP contribution is -2.09. The number of hydrogen-bond donors (Lipinski definition) is 2. The van der Waals surface area contributed by atoms with E-state index in [-0.39, 0.29) is 17.2 Å². The summed E-state index contributed by atoms with van der Waals surface area (Å²) < 4.78 is 6.96. The second-order valence-corrected chi connectivity index (χ2v) is 7.00. The topological polar surface area (TPSA) is 117 Å². The Morgan fingerprint density at radius 3 is 2.58 bits per heavy atom. The van der Waals surface area contributed by atoms with Crippen LogP contribution >= 0.6 is 0 Å². The number of aromatic amines is 1. The number of carbonyl (C=O) groups excluding carboxylic acids is 1. The number of ether oxygens (including phenoxy) is 1. The standard InChI is InChI=1S/C23H19N5O3/c1-14-11-15(2)28(27-14)17-9-7-16(8-10-17)23(30)31-13-21(29)18(12-24)22-25-19-5-3-4-6-20(19)26-22/h3-11,29H,13H2,1-2H3,(H,25,26)/b21-18-. The van der Waals surface area contributed by atoms with Crippen molar-refractivity contribution in [1.29, 1.82) is 5.26 Å². The first kappa shape index (κ1) is 19.9. The van der Waals surface area contributed by atoms with E-state index in [4.69, 9.17) is 4.74 Å². The maximum absolute atomic E-state index is 12.4. The van der Waals surface area contributed by atoms with Crippen LogP contribution < -0.4 is 0 Å². The molecule has 0 bridgehead atoms. The van der Waals surface area contributed by atoms with Crippen molar-refractivity contribution in [3.63, 3.8) is 0 Å². The van der Waals surface area contributed by atoms with Gasteiger partial charge in [-0.15, -0.1) is 0 Å². The number of nitrogens with one attached hydrogen (secondary N) is 1. The van der Waals surface area contributed by atoms with Crippen molar-refractivity contribution in [2.45, 2.75) is 13.8 Å². The summed E-state index contributed by atoms with van der Waals surface area (Å²) in [6.45, 7) is 3.42. The number of aryl methyl sites for hydroxylation is 2. The van der Waals surface area contributed by atoms with E-state index >= 15 is 0 Å². The second-order valence-electron chi connectivity index (χ2n) is 7.00. The number of carbonyl (C=O) groups is 1. The summed E-state index contributed by atoms with van der Waals surface area (Å²) in [5, 5.41) is 24.2. The zero-order valence-corrected chi connectivity index (χ0v) is 17.0. The highest BCUT2D eigenvalue weighted by Gasteiger charge is 2.16. The van der Waals surface area contributed by atoms with Crippen LogP contribution in [0.25, 0.3) is 22.3 Å². The molecule has 0 amide bonds. The van der Waals surface area contributed by atoms with Crippen LogP contribution in [0.1, 0.15) is 27.6 Å². The zero-order chi connectivity index (χ0) is 22.0. The minimum atomic E-state index is -0.617. The minimum Gasteiger partial charge on any atom is -0.507 e. The quantitative estimate of drug-likeness (QED) is 0.290. The van der Waals surface area contributed by atoms with E-state index in [1.165, 1.54) is 0 Å². The van der Waals surface area contributed by atoms with E-state index in [0.717, 1.165) is 22.6 Å². The molecule has 154 valence electrons. The largest absolute Gasteiger partial charge is 0.507 e. The second kappa shape index (κ2) is 8.16. The molecule has 0 saturated carbocycles. The van der Waals surface area contributed by atoms with Gasteiger partial charge in [-0.05, 0) is 56.3 Å². The number of aliphatic hydroxyl groups excluding tert-OH is 1. The van der Waals surface area contributed by atoms with Crippen LogP contribution in [0.3, 0.4) is 0 Å². The number of esters is 1. The van der Waals surface area contributed by atoms with Gasteiger partial charge in [0.05, 0.1) is 28.0 Å². The Balaban J connectivity index is 1.48. The van der Waals surface area contributed by atoms with Gasteiger partial charge in [0, 0.05) is 5.69 Å². The number of aliphatic hydroxyl groups is 1. The van der Waals surface area contributed by atoms with Gasteiger partial charge in [-0.25, -0.2) is 14.5 Å². The number of imidazole rings is 1. The number of nitrogens with zero attached hydrogens (tertiary/aromatic N) is 4. The Kier molecular flexibility index (Phi) is 5.24. The Bertz CT molecular complexity index is 1310. The summed E-state index contributed by atoms with van der Waals surface area (Å²) >= 11 is 0. The molecule has 4 rings (SSSR count). The fourth-order valence-electron chi connectivity index (χ4n) is 3.24. The molecule has 2 N–H and O–H groups in total. The molecule has 2 aromatic carbocycles. The van der Waals surface area contributed by atoms with Gasteiger partial charge in [-0.2, -0.15) is 10.4 Å². The van der Waals surface area contributed by atoms with Crippen LogP contribution in [0.5, 0.6) is 0 Å². The van der Waals surface area contributed by atoms with E-state index < -0.39 is 12.6 Å². The maximum atomic E-state index is 12.4. The molecule has 2 aromatic heterocycles. The fraction of sp³-hybridized carbons (Fsp3) is 0.130. The molecule has 0 aliphatic carbocycles. The molecule has 4 aromatic rings. The summed E-state index contributed by atoms with van der Waals surface area (Å²) in [6, 6.07) is 17.9. The summed E-state index contributed by atoms with van der Waals surface area (Å²) in [7, 11) is 0. The smallest absolute Gasteiger partial charge is 0.338 e. The molecule has 0 radical (unpaired) electrons. The average Bonchev–Trinajstić information content (AvgIpc) is 3.34. The van der Waals surface area contributed by atoms with Crippen LogP contribution in [0.15, 0.2) is 60.4 Å². The number of H-pyrrole nitrogens is 1. The van der Waals surface area contributed by atoms with Gasteiger partial charge in [-0.1, -0.05) is 12.1 Å². The Hall–Kier alpha value is -4.38. The van der Waals surface area contributed by atoms with E-state index in [2.05, 4.69) is 15.1 Å². The number of allylic oxidation sites excluding steroid dienone is 1. The summed E-state index contributed by atoms with van der Waals surface area (Å²) in [5.74, 6) is -0.783. The highest BCUT2D eigenvalue weighted by atomic mass is 16.5. The molecule has 2 heterocycles. The predicted molar refractivity (Wildman–Crippen MR) is 115 cm³/mol. The third kappa shape index (κ3) is 4.02. The minimum absolute atomic E-state index is 0.0797. The molecular formula is C23H19N5O3. The number of para-hydroxylation sites is 2. The molecular weight excluding hydrogens is 394 g/mol. The first-order valence-electron chi connectivity index (χ1n) is 9.54. The molecule has 0 unspecified atom stereocenters. The van der Waals surface area contributed by atoms with Gasteiger partial charge in [0.2, 0.25) is 0 Å². The average molecular weight is 413 g/mol. The highest BCUT2D eigenvalue weighted by molar-refractivity contribution is 5.90. The monoisotopic (exact) mass is 413 g/mol. The van der Waals surface area contributed by atoms with Crippen molar-refractivity contribution in [3.8, 4) is 11.8 Å². The molecule has 0 fully saturated rings. The first-order chi connectivity index (χ1) is 15.0. The first-order valence-corrected chi connectivity index (χ1v) is 9.54. The van der Waals surface area contributed by atoms with Crippen LogP contribution in [0.2, 0.25) is 0 Å². The lowest BCUT2D eigenvalue weighted by molar-refractivity contribution is 0.0503. The van der Waals surface area contributed by atoms with E-state index in [9.17, 15) is 15.2 Å². The number of aromatic nitrogens is 4. The van der Waals surface area contributed by atoms with Crippen molar-refractivity contribution in [3.05, 3.63) is 83.1 Å². The lowest BCUT2D eigenvalue weighted by Gasteiger charge is -2.07. The molecule has 8 nitrogen and oxygen atoms in total. The van der Waals surface area contributed by atoms with E-state index in [1.807, 2.05) is 44.2 Å². The lowest BCUT2D eigenvalue weighted by atomic mass is 10.2. The van der Waals surface area contributed by atoms with Crippen molar-refractivity contribution in [2.75, 3.05) is 6.61 Å². The van der Waals surface area contributed by atoms with Gasteiger partial charge >= 0.3 is 5.97 Å². The number of nitriles is 1. The van der Waals surface area contributed by atoms with Gasteiger partial charge < -0.3 is 14.8 Å². The molecule has 0 spiro atoms. The SMILES string of the molecule is Cc1cc(C)n(-c2ccc(C(=O)OC/C(O)=C(\C#N)c3nc4ccccc4[nH]3)cc2)n1. The Morgan fingerprint density at radius 2 is 1.94 bits per heavy atom. The Labute approximate surface area is 178 Å². The fourth-order valence-corrected chi connectivity index (χ4v) is 3.24. The number of hydrogen-bond acceptors (Lipinski definition) is 6. The molecule has 0 aliphatic rings. The van der Waals surface area contributed by atoms with Crippen molar-refractivity contribution in [1.82, 2.24) is 19.7 Å². The molecule has 31 heavy (non-hydrogen) atoms. The summed E-state index contributed by atoms with van der Waals surface area (Å²) in [4.78, 5) is 19.6. The summed E-state index contributed by atoms with van der Waals surface area (Å²) in [6.07, 6.45) is 0. The molecule has 8 heteroatoms. The number of rotatable bonds is 5.